The van der Waals surface area contributed by atoms with E-state index >= 15 is 0 Å². The predicted octanol–water partition coefficient (Wildman–Crippen LogP) is 4.82. The molecule has 1 saturated heterocycles. The highest BCUT2D eigenvalue weighted by Crippen LogP contribution is 2.44. The van der Waals surface area contributed by atoms with Gasteiger partial charge in [-0.05, 0) is 43.4 Å². The van der Waals surface area contributed by atoms with E-state index in [0.717, 1.165) is 17.5 Å². The van der Waals surface area contributed by atoms with E-state index < -0.39 is 18.3 Å². The Kier molecular flexibility index (Phi) is 6.20. The second kappa shape index (κ2) is 8.79. The van der Waals surface area contributed by atoms with Crippen LogP contribution < -0.4 is 14.8 Å². The second-order valence-electron chi connectivity index (χ2n) is 8.94. The summed E-state index contributed by atoms with van der Waals surface area (Å²) in [5, 5.41) is 7.25. The first-order valence-electron chi connectivity index (χ1n) is 11.1. The maximum Gasteiger partial charge on any atom is 0.410 e. The zero-order valence-electron chi connectivity index (χ0n) is 19.1. The minimum atomic E-state index is -4.52. The summed E-state index contributed by atoms with van der Waals surface area (Å²) in [4.78, 5) is 14.8. The zero-order chi connectivity index (χ0) is 23.9. The van der Waals surface area contributed by atoms with E-state index in [1.54, 1.807) is 23.1 Å². The van der Waals surface area contributed by atoms with E-state index in [1.165, 1.54) is 20.3 Å². The number of likely N-dealkylation sites (tertiary alicyclic amines) is 1. The number of carbonyl (C=O) groups excluding carboxylic acids is 1. The van der Waals surface area contributed by atoms with Gasteiger partial charge in [0.25, 0.3) is 5.91 Å². The van der Waals surface area contributed by atoms with Gasteiger partial charge in [0.2, 0.25) is 0 Å². The molecule has 4 atom stereocenters. The Morgan fingerprint density at radius 3 is 2.48 bits per heavy atom. The highest BCUT2D eigenvalue weighted by molar-refractivity contribution is 5.93. The van der Waals surface area contributed by atoms with Crippen LogP contribution in [0.3, 0.4) is 0 Å². The molecule has 0 aliphatic carbocycles. The molecule has 1 fully saturated rings. The Morgan fingerprint density at radius 1 is 1.12 bits per heavy atom. The van der Waals surface area contributed by atoms with Crippen LogP contribution in [0.1, 0.15) is 61.2 Å². The Labute approximate surface area is 190 Å². The minimum Gasteiger partial charge on any atom is -0.493 e. The number of alkyl halides is 3. The molecule has 2 aliphatic heterocycles. The summed E-state index contributed by atoms with van der Waals surface area (Å²) in [6, 6.07) is 3.99. The van der Waals surface area contributed by atoms with Gasteiger partial charge >= 0.3 is 6.18 Å². The largest absolute Gasteiger partial charge is 0.493 e. The van der Waals surface area contributed by atoms with Gasteiger partial charge < -0.3 is 19.7 Å². The standard InChI is InChI=1S/C23H29F3N4O3/c1-13-7-8-29(14(2)9-13)22(31)17-12-21-27-16(11-20(23(24,25)26)30(21)28-17)15-5-6-18(32-3)19(10-15)33-4/h5-6,10,12-14,16,20,27H,7-9,11H2,1-4H3/t13-,14+,16-,20+/m1/s1. The molecule has 3 heterocycles. The van der Waals surface area contributed by atoms with Crippen molar-refractivity contribution >= 4 is 11.7 Å². The third kappa shape index (κ3) is 4.47. The summed E-state index contributed by atoms with van der Waals surface area (Å²) < 4.78 is 53.5. The molecule has 0 radical (unpaired) electrons. The number of piperidine rings is 1. The molecule has 0 spiro atoms. The third-order valence-electron chi connectivity index (χ3n) is 6.62. The first-order valence-corrected chi connectivity index (χ1v) is 11.1. The Balaban J connectivity index is 1.66. The van der Waals surface area contributed by atoms with Crippen molar-refractivity contribution in [2.24, 2.45) is 5.92 Å². The molecule has 2 aliphatic rings. The van der Waals surface area contributed by atoms with Crippen LogP contribution in [0, 0.1) is 5.92 Å². The van der Waals surface area contributed by atoms with Crippen LogP contribution >= 0.6 is 0 Å². The van der Waals surface area contributed by atoms with E-state index in [0.29, 0.717) is 29.5 Å². The number of rotatable bonds is 4. The number of aromatic nitrogens is 2. The van der Waals surface area contributed by atoms with Crippen molar-refractivity contribution in [3.8, 4) is 11.5 Å². The molecule has 1 aromatic carbocycles. The zero-order valence-corrected chi connectivity index (χ0v) is 19.1. The van der Waals surface area contributed by atoms with Crippen LogP contribution in [-0.2, 0) is 0 Å². The smallest absolute Gasteiger partial charge is 0.410 e. The fourth-order valence-corrected chi connectivity index (χ4v) is 4.82. The monoisotopic (exact) mass is 466 g/mol. The van der Waals surface area contributed by atoms with Crippen molar-refractivity contribution < 1.29 is 27.4 Å². The first-order chi connectivity index (χ1) is 15.6. The van der Waals surface area contributed by atoms with Gasteiger partial charge in [-0.3, -0.25) is 4.79 Å². The van der Waals surface area contributed by atoms with Crippen LogP contribution in [-0.4, -0.2) is 53.6 Å². The molecule has 7 nitrogen and oxygen atoms in total. The number of hydrogen-bond acceptors (Lipinski definition) is 5. The topological polar surface area (TPSA) is 68.6 Å². The quantitative estimate of drug-likeness (QED) is 0.700. The summed E-state index contributed by atoms with van der Waals surface area (Å²) >= 11 is 0. The maximum atomic E-state index is 14.0. The van der Waals surface area contributed by atoms with Crippen molar-refractivity contribution in [1.82, 2.24) is 14.7 Å². The van der Waals surface area contributed by atoms with Crippen LogP contribution in [0.2, 0.25) is 0 Å². The average molecular weight is 467 g/mol. The molecule has 4 rings (SSSR count). The number of hydrogen-bond donors (Lipinski definition) is 1. The van der Waals surface area contributed by atoms with E-state index in [9.17, 15) is 18.0 Å². The molecule has 0 unspecified atom stereocenters. The molecular weight excluding hydrogens is 437 g/mol. The number of anilines is 1. The summed E-state index contributed by atoms with van der Waals surface area (Å²) in [5.74, 6) is 1.28. The molecule has 0 saturated carbocycles. The fraction of sp³-hybridized carbons (Fsp3) is 0.565. The summed E-state index contributed by atoms with van der Waals surface area (Å²) in [7, 11) is 2.97. The number of halogens is 3. The number of fused-ring (bicyclic) bond motifs is 1. The van der Waals surface area contributed by atoms with E-state index in [-0.39, 0.29) is 29.9 Å². The van der Waals surface area contributed by atoms with Crippen molar-refractivity contribution in [3.05, 3.63) is 35.5 Å². The van der Waals surface area contributed by atoms with Crippen molar-refractivity contribution in [2.75, 3.05) is 26.1 Å². The van der Waals surface area contributed by atoms with E-state index in [1.807, 2.05) is 6.92 Å². The SMILES string of the molecule is COc1ccc([C@H]2C[C@@H](C(F)(F)F)n3nc(C(=O)N4CC[C@@H](C)C[C@@H]4C)cc3N2)cc1OC. The summed E-state index contributed by atoms with van der Waals surface area (Å²) in [6.45, 7) is 4.68. The fourth-order valence-electron chi connectivity index (χ4n) is 4.82. The lowest BCUT2D eigenvalue weighted by atomic mass is 9.93. The van der Waals surface area contributed by atoms with Gasteiger partial charge in [0, 0.05) is 25.1 Å². The Hall–Kier alpha value is -2.91. The molecule has 2 aromatic rings. The molecule has 1 aromatic heterocycles. The number of ether oxygens (including phenoxy) is 2. The highest BCUT2D eigenvalue weighted by atomic mass is 19.4. The molecule has 0 bridgehead atoms. The molecule has 1 N–H and O–H groups in total. The molecule has 33 heavy (non-hydrogen) atoms. The Morgan fingerprint density at radius 2 is 1.85 bits per heavy atom. The number of methoxy groups -OCH3 is 2. The predicted molar refractivity (Wildman–Crippen MR) is 117 cm³/mol. The number of carbonyl (C=O) groups is 1. The van der Waals surface area contributed by atoms with Gasteiger partial charge in [0.05, 0.1) is 20.3 Å². The molecular formula is C23H29F3N4O3. The van der Waals surface area contributed by atoms with Gasteiger partial charge in [-0.15, -0.1) is 0 Å². The van der Waals surface area contributed by atoms with Crippen molar-refractivity contribution in [3.63, 3.8) is 0 Å². The van der Waals surface area contributed by atoms with E-state index in [2.05, 4.69) is 17.3 Å². The summed E-state index contributed by atoms with van der Waals surface area (Å²) in [6.07, 6.45) is -3.05. The van der Waals surface area contributed by atoms with Crippen LogP contribution in [0.4, 0.5) is 19.0 Å². The lowest BCUT2D eigenvalue weighted by Crippen LogP contribution is -2.44. The van der Waals surface area contributed by atoms with Gasteiger partial charge in [-0.2, -0.15) is 18.3 Å². The van der Waals surface area contributed by atoms with Gasteiger partial charge in [0.1, 0.15) is 5.82 Å². The highest BCUT2D eigenvalue weighted by Gasteiger charge is 2.47. The second-order valence-corrected chi connectivity index (χ2v) is 8.94. The van der Waals surface area contributed by atoms with Crippen molar-refractivity contribution in [1.29, 1.82) is 0 Å². The maximum absolute atomic E-state index is 14.0. The molecule has 1 amide bonds. The number of nitrogens with zero attached hydrogens (tertiary/aromatic N) is 3. The molecule has 10 heteroatoms. The average Bonchev–Trinajstić information content (AvgIpc) is 3.21. The number of amides is 1. The third-order valence-corrected chi connectivity index (χ3v) is 6.62. The van der Waals surface area contributed by atoms with E-state index in [4.69, 9.17) is 9.47 Å². The molecule has 180 valence electrons. The number of benzene rings is 1. The summed E-state index contributed by atoms with van der Waals surface area (Å²) in [5.41, 5.74) is 0.655. The Bertz CT molecular complexity index is 1020. The lowest BCUT2D eigenvalue weighted by molar-refractivity contribution is -0.173. The van der Waals surface area contributed by atoms with Gasteiger partial charge in [-0.1, -0.05) is 13.0 Å². The normalized spacial score (nSPS) is 25.2. The van der Waals surface area contributed by atoms with Gasteiger partial charge in [-0.25, -0.2) is 4.68 Å². The minimum absolute atomic E-state index is 0.0193. The lowest BCUT2D eigenvalue weighted by Gasteiger charge is -2.36. The van der Waals surface area contributed by atoms with Crippen LogP contribution in [0.5, 0.6) is 11.5 Å². The van der Waals surface area contributed by atoms with Crippen LogP contribution in [0.25, 0.3) is 0 Å². The van der Waals surface area contributed by atoms with Crippen molar-refractivity contribution in [2.45, 2.75) is 57.4 Å². The first kappa shape index (κ1) is 23.3. The van der Waals surface area contributed by atoms with Crippen LogP contribution in [0.15, 0.2) is 24.3 Å². The van der Waals surface area contributed by atoms with Gasteiger partial charge in [0.15, 0.2) is 23.2 Å². The number of nitrogens with one attached hydrogen (secondary N) is 1.